The lowest BCUT2D eigenvalue weighted by atomic mass is 10.3. The van der Waals surface area contributed by atoms with E-state index in [-0.39, 0.29) is 11.1 Å². The lowest BCUT2D eigenvalue weighted by Gasteiger charge is -1.81. The van der Waals surface area contributed by atoms with Crippen molar-refractivity contribution in [2.24, 2.45) is 0 Å². The third-order valence-electron chi connectivity index (χ3n) is 1.51. The SMILES string of the molecule is Cc1ccc([N+](=O)[O-])ccc1=O. The fourth-order valence-electron chi connectivity index (χ4n) is 0.762. The summed E-state index contributed by atoms with van der Waals surface area (Å²) in [5, 5.41) is 10.3. The van der Waals surface area contributed by atoms with Crippen LogP contribution in [0.5, 0.6) is 0 Å². The van der Waals surface area contributed by atoms with Crippen LogP contribution in [0.25, 0.3) is 0 Å². The van der Waals surface area contributed by atoms with E-state index in [1.807, 2.05) is 0 Å². The van der Waals surface area contributed by atoms with Crippen LogP contribution in [0.3, 0.4) is 0 Å². The van der Waals surface area contributed by atoms with Gasteiger partial charge in [-0.2, -0.15) is 0 Å². The van der Waals surface area contributed by atoms with Gasteiger partial charge < -0.3 is 0 Å². The van der Waals surface area contributed by atoms with Gasteiger partial charge in [-0.05, 0) is 24.6 Å². The van der Waals surface area contributed by atoms with Crippen molar-refractivity contribution in [1.82, 2.24) is 0 Å². The predicted octanol–water partition coefficient (Wildman–Crippen LogP) is 1.26. The Morgan fingerprint density at radius 2 is 1.83 bits per heavy atom. The minimum Gasteiger partial charge on any atom is -0.290 e. The van der Waals surface area contributed by atoms with Gasteiger partial charge in [0.25, 0.3) is 5.69 Å². The van der Waals surface area contributed by atoms with Gasteiger partial charge in [-0.3, -0.25) is 14.9 Å². The van der Waals surface area contributed by atoms with Crippen molar-refractivity contribution in [3.05, 3.63) is 50.2 Å². The second kappa shape index (κ2) is 3.13. The molecule has 0 aliphatic carbocycles. The van der Waals surface area contributed by atoms with Gasteiger partial charge in [-0.15, -0.1) is 0 Å². The average molecular weight is 165 g/mol. The van der Waals surface area contributed by atoms with Gasteiger partial charge in [-0.1, -0.05) is 0 Å². The zero-order valence-corrected chi connectivity index (χ0v) is 6.48. The van der Waals surface area contributed by atoms with E-state index in [1.54, 1.807) is 6.92 Å². The molecule has 0 saturated carbocycles. The second-order valence-corrected chi connectivity index (χ2v) is 2.40. The Morgan fingerprint density at radius 1 is 1.25 bits per heavy atom. The fourth-order valence-corrected chi connectivity index (χ4v) is 0.762. The normalized spacial score (nSPS) is 9.42. The van der Waals surface area contributed by atoms with Gasteiger partial charge in [-0.25, -0.2) is 0 Å². The molecule has 0 aliphatic heterocycles. The van der Waals surface area contributed by atoms with Gasteiger partial charge in [0.15, 0.2) is 5.43 Å². The lowest BCUT2D eigenvalue weighted by Crippen LogP contribution is -1.96. The molecule has 0 N–H and O–H groups in total. The summed E-state index contributed by atoms with van der Waals surface area (Å²) in [6.07, 6.45) is 0. The van der Waals surface area contributed by atoms with Crippen LogP contribution in [-0.2, 0) is 0 Å². The van der Waals surface area contributed by atoms with Crippen molar-refractivity contribution in [2.45, 2.75) is 6.92 Å². The number of rotatable bonds is 1. The molecule has 1 aromatic rings. The standard InChI is InChI=1S/C8H7NO3/c1-6-2-3-7(9(11)12)4-5-8(6)10/h2-5H,1H3. The highest BCUT2D eigenvalue weighted by atomic mass is 16.6. The van der Waals surface area contributed by atoms with Crippen molar-refractivity contribution < 1.29 is 4.92 Å². The number of nitrogens with zero attached hydrogens (tertiary/aromatic N) is 1. The third kappa shape index (κ3) is 1.66. The van der Waals surface area contributed by atoms with Crippen LogP contribution in [0.15, 0.2) is 29.1 Å². The first-order valence-corrected chi connectivity index (χ1v) is 3.36. The minimum absolute atomic E-state index is 0.0693. The Labute approximate surface area is 68.6 Å². The Bertz CT molecular complexity index is 373. The molecule has 0 spiro atoms. The number of aryl methyl sites for hydroxylation is 1. The molecule has 0 heterocycles. The maximum absolute atomic E-state index is 11.0. The second-order valence-electron chi connectivity index (χ2n) is 2.40. The first-order valence-electron chi connectivity index (χ1n) is 3.36. The van der Waals surface area contributed by atoms with Crippen LogP contribution < -0.4 is 5.43 Å². The van der Waals surface area contributed by atoms with Crippen molar-refractivity contribution in [3.8, 4) is 0 Å². The van der Waals surface area contributed by atoms with E-state index < -0.39 is 4.92 Å². The molecule has 0 atom stereocenters. The maximum Gasteiger partial charge on any atom is 0.269 e. The highest BCUT2D eigenvalue weighted by molar-refractivity contribution is 5.29. The summed E-state index contributed by atoms with van der Waals surface area (Å²) in [7, 11) is 0. The molecular weight excluding hydrogens is 158 g/mol. The Hall–Kier alpha value is -1.71. The summed E-state index contributed by atoms with van der Waals surface area (Å²) in [6, 6.07) is 5.17. The van der Waals surface area contributed by atoms with Crippen LogP contribution in [0.2, 0.25) is 0 Å². The van der Waals surface area contributed by atoms with E-state index in [4.69, 9.17) is 0 Å². The molecule has 0 fully saturated rings. The smallest absolute Gasteiger partial charge is 0.269 e. The number of nitro groups is 1. The van der Waals surface area contributed by atoms with E-state index in [0.29, 0.717) is 5.56 Å². The monoisotopic (exact) mass is 165 g/mol. The Morgan fingerprint density at radius 3 is 2.42 bits per heavy atom. The van der Waals surface area contributed by atoms with Gasteiger partial charge in [0.1, 0.15) is 0 Å². The summed E-state index contributed by atoms with van der Waals surface area (Å²) in [6.45, 7) is 1.62. The van der Waals surface area contributed by atoms with Gasteiger partial charge in [0, 0.05) is 12.1 Å². The number of hydrogen-bond acceptors (Lipinski definition) is 3. The molecule has 4 heteroatoms. The van der Waals surface area contributed by atoms with Crippen LogP contribution in [0.1, 0.15) is 5.56 Å². The molecule has 0 amide bonds. The largest absolute Gasteiger partial charge is 0.290 e. The average Bonchev–Trinajstić information content (AvgIpc) is 2.16. The first-order chi connectivity index (χ1) is 5.61. The molecule has 1 rings (SSSR count). The molecule has 0 saturated heterocycles. The highest BCUT2D eigenvalue weighted by Crippen LogP contribution is 2.06. The van der Waals surface area contributed by atoms with Crippen molar-refractivity contribution >= 4 is 5.69 Å². The fraction of sp³-hybridized carbons (Fsp3) is 0.125. The van der Waals surface area contributed by atoms with Crippen LogP contribution in [-0.4, -0.2) is 4.92 Å². The molecule has 4 nitrogen and oxygen atoms in total. The van der Waals surface area contributed by atoms with Gasteiger partial charge in [0.2, 0.25) is 0 Å². The van der Waals surface area contributed by atoms with E-state index in [2.05, 4.69) is 0 Å². The summed E-state index contributed by atoms with van der Waals surface area (Å²) >= 11 is 0. The van der Waals surface area contributed by atoms with Crippen molar-refractivity contribution in [2.75, 3.05) is 0 Å². The number of hydrogen-bond donors (Lipinski definition) is 0. The first kappa shape index (κ1) is 8.39. The van der Waals surface area contributed by atoms with Gasteiger partial charge >= 0.3 is 0 Å². The van der Waals surface area contributed by atoms with Crippen LogP contribution in [0.4, 0.5) is 5.69 Å². The van der Waals surface area contributed by atoms with Crippen molar-refractivity contribution in [1.29, 1.82) is 0 Å². The minimum atomic E-state index is -0.529. The predicted molar refractivity (Wildman–Crippen MR) is 44.1 cm³/mol. The molecular formula is C8H7NO3. The third-order valence-corrected chi connectivity index (χ3v) is 1.51. The molecule has 0 bridgehead atoms. The van der Waals surface area contributed by atoms with E-state index in [9.17, 15) is 14.9 Å². The molecule has 12 heavy (non-hydrogen) atoms. The quantitative estimate of drug-likeness (QED) is 0.465. The topological polar surface area (TPSA) is 60.2 Å². The molecule has 0 aromatic heterocycles. The van der Waals surface area contributed by atoms with Crippen molar-refractivity contribution in [3.63, 3.8) is 0 Å². The zero-order chi connectivity index (χ0) is 9.14. The summed E-state index contributed by atoms with van der Waals surface area (Å²) in [5.74, 6) is 0. The summed E-state index contributed by atoms with van der Waals surface area (Å²) < 4.78 is 0. The Kier molecular flexibility index (Phi) is 2.19. The van der Waals surface area contributed by atoms with E-state index >= 15 is 0 Å². The highest BCUT2D eigenvalue weighted by Gasteiger charge is 2.01. The summed E-state index contributed by atoms with van der Waals surface area (Å²) in [4.78, 5) is 20.7. The molecule has 0 radical (unpaired) electrons. The van der Waals surface area contributed by atoms with E-state index in [1.165, 1.54) is 24.3 Å². The molecule has 0 aliphatic rings. The van der Waals surface area contributed by atoms with Crippen LogP contribution >= 0.6 is 0 Å². The summed E-state index contributed by atoms with van der Waals surface area (Å²) in [5.41, 5.74) is 0.242. The van der Waals surface area contributed by atoms with Gasteiger partial charge in [0.05, 0.1) is 4.92 Å². The molecule has 1 aromatic carbocycles. The zero-order valence-electron chi connectivity index (χ0n) is 6.48. The lowest BCUT2D eigenvalue weighted by molar-refractivity contribution is -0.384. The Balaban J connectivity index is 3.36. The van der Waals surface area contributed by atoms with Crippen LogP contribution in [0, 0.1) is 17.0 Å². The van der Waals surface area contributed by atoms with E-state index in [0.717, 1.165) is 0 Å². The maximum atomic E-state index is 11.0. The molecule has 0 unspecified atom stereocenters. The molecule has 62 valence electrons.